The second-order valence-corrected chi connectivity index (χ2v) is 8.31. The molecule has 0 atom stereocenters. The Hall–Kier alpha value is -4.61. The molecule has 0 aliphatic carbocycles. The lowest BCUT2D eigenvalue weighted by atomic mass is 10.0. The summed E-state index contributed by atoms with van der Waals surface area (Å²) in [7, 11) is 0. The molecular formula is C32H24N2. The average Bonchev–Trinajstić information content (AvgIpc) is 2.90. The first-order valence-corrected chi connectivity index (χ1v) is 11.3. The van der Waals surface area contributed by atoms with Crippen LogP contribution in [0.2, 0.25) is 0 Å². The first-order valence-electron chi connectivity index (χ1n) is 11.3. The number of hydrogen-bond acceptors (Lipinski definition) is 2. The summed E-state index contributed by atoms with van der Waals surface area (Å²) in [4.78, 5) is 2.29. The summed E-state index contributed by atoms with van der Waals surface area (Å²) < 4.78 is 0. The number of hydrogen-bond donors (Lipinski definition) is 0. The third-order valence-corrected chi connectivity index (χ3v) is 6.01. The Morgan fingerprint density at radius 3 is 1.97 bits per heavy atom. The number of nitrogens with zero attached hydrogens (tertiary/aromatic N) is 2. The zero-order valence-corrected chi connectivity index (χ0v) is 19.0. The Morgan fingerprint density at radius 2 is 1.26 bits per heavy atom. The van der Waals surface area contributed by atoms with E-state index in [0.717, 1.165) is 22.6 Å². The standard InChI is InChI=1S/C32H24N2/c1-24(21-25-11-13-26(23-33)14-12-25)27-15-18-31(19-16-27)34(30-9-3-2-4-10-30)32-20-17-28-7-5-6-8-29(28)22-32/h2-22H,1H3/b24-21-. The van der Waals surface area contributed by atoms with Gasteiger partial charge in [0.15, 0.2) is 0 Å². The third-order valence-electron chi connectivity index (χ3n) is 6.01. The molecule has 0 saturated carbocycles. The molecule has 0 amide bonds. The minimum absolute atomic E-state index is 0.675. The second kappa shape index (κ2) is 9.48. The number of benzene rings is 5. The van der Waals surface area contributed by atoms with E-state index in [2.05, 4.69) is 115 Å². The maximum atomic E-state index is 9.01. The summed E-state index contributed by atoms with van der Waals surface area (Å²) >= 11 is 0. The molecule has 0 radical (unpaired) electrons. The number of allylic oxidation sites excluding steroid dienone is 1. The largest absolute Gasteiger partial charge is 0.310 e. The minimum atomic E-state index is 0.675. The van der Waals surface area contributed by atoms with E-state index >= 15 is 0 Å². The normalized spacial score (nSPS) is 11.2. The van der Waals surface area contributed by atoms with Crippen LogP contribution >= 0.6 is 0 Å². The molecule has 5 aromatic carbocycles. The van der Waals surface area contributed by atoms with Gasteiger partial charge < -0.3 is 4.90 Å². The van der Waals surface area contributed by atoms with E-state index in [1.165, 1.54) is 21.9 Å². The number of para-hydroxylation sites is 1. The zero-order valence-electron chi connectivity index (χ0n) is 19.0. The van der Waals surface area contributed by atoms with E-state index in [0.29, 0.717) is 5.56 Å². The van der Waals surface area contributed by atoms with E-state index in [-0.39, 0.29) is 0 Å². The van der Waals surface area contributed by atoms with Gasteiger partial charge in [-0.3, -0.25) is 0 Å². The van der Waals surface area contributed by atoms with Crippen molar-refractivity contribution >= 4 is 39.5 Å². The van der Waals surface area contributed by atoms with Crippen LogP contribution in [0.15, 0.2) is 121 Å². The molecule has 0 bridgehead atoms. The summed E-state index contributed by atoms with van der Waals surface area (Å²) in [5.74, 6) is 0. The van der Waals surface area contributed by atoms with Crippen molar-refractivity contribution in [2.24, 2.45) is 0 Å². The molecule has 0 aliphatic rings. The highest BCUT2D eigenvalue weighted by Gasteiger charge is 2.13. The lowest BCUT2D eigenvalue weighted by Gasteiger charge is -2.26. The number of rotatable bonds is 5. The lowest BCUT2D eigenvalue weighted by molar-refractivity contribution is 1.29. The molecule has 0 aromatic heterocycles. The van der Waals surface area contributed by atoms with Gasteiger partial charge in [-0.15, -0.1) is 0 Å². The summed E-state index contributed by atoms with van der Waals surface area (Å²) in [5, 5.41) is 11.5. The van der Waals surface area contributed by atoms with Gasteiger partial charge in [0.1, 0.15) is 0 Å². The molecule has 0 N–H and O–H groups in total. The van der Waals surface area contributed by atoms with Crippen molar-refractivity contribution in [2.45, 2.75) is 6.92 Å². The van der Waals surface area contributed by atoms with Crippen molar-refractivity contribution in [3.05, 3.63) is 138 Å². The first kappa shape index (κ1) is 21.2. The van der Waals surface area contributed by atoms with E-state index in [1.807, 2.05) is 30.3 Å². The molecule has 0 saturated heterocycles. The van der Waals surface area contributed by atoms with Gasteiger partial charge in [-0.05, 0) is 82.9 Å². The van der Waals surface area contributed by atoms with Gasteiger partial charge in [-0.2, -0.15) is 5.26 Å². The quantitative estimate of drug-likeness (QED) is 0.258. The first-order chi connectivity index (χ1) is 16.7. The highest BCUT2D eigenvalue weighted by Crippen LogP contribution is 2.36. The van der Waals surface area contributed by atoms with E-state index < -0.39 is 0 Å². The topological polar surface area (TPSA) is 27.0 Å². The molecule has 0 fully saturated rings. The van der Waals surface area contributed by atoms with Crippen molar-refractivity contribution in [3.63, 3.8) is 0 Å². The van der Waals surface area contributed by atoms with Gasteiger partial charge in [0.05, 0.1) is 11.6 Å². The fraction of sp³-hybridized carbons (Fsp3) is 0.0312. The van der Waals surface area contributed by atoms with Crippen LogP contribution in [0.1, 0.15) is 23.6 Å². The molecule has 0 spiro atoms. The summed E-state index contributed by atoms with van der Waals surface area (Å²) in [6.45, 7) is 2.12. The Labute approximate surface area is 200 Å². The second-order valence-electron chi connectivity index (χ2n) is 8.31. The van der Waals surface area contributed by atoms with Gasteiger partial charge in [-0.25, -0.2) is 0 Å². The molecule has 5 aromatic rings. The smallest absolute Gasteiger partial charge is 0.0991 e. The minimum Gasteiger partial charge on any atom is -0.310 e. The molecule has 2 heteroatoms. The van der Waals surface area contributed by atoms with Gasteiger partial charge in [0.25, 0.3) is 0 Å². The molecule has 5 rings (SSSR count). The molecular weight excluding hydrogens is 412 g/mol. The molecule has 0 aliphatic heterocycles. The maximum absolute atomic E-state index is 9.01. The fourth-order valence-corrected chi connectivity index (χ4v) is 4.20. The monoisotopic (exact) mass is 436 g/mol. The van der Waals surface area contributed by atoms with Crippen LogP contribution < -0.4 is 4.90 Å². The Morgan fingerprint density at radius 1 is 0.647 bits per heavy atom. The summed E-state index contributed by atoms with van der Waals surface area (Å²) in [6.07, 6.45) is 2.15. The van der Waals surface area contributed by atoms with E-state index in [9.17, 15) is 0 Å². The Balaban J connectivity index is 1.50. The molecule has 0 heterocycles. The maximum Gasteiger partial charge on any atom is 0.0991 e. The molecule has 162 valence electrons. The third kappa shape index (κ3) is 4.46. The average molecular weight is 437 g/mol. The van der Waals surface area contributed by atoms with Crippen molar-refractivity contribution in [1.29, 1.82) is 5.26 Å². The fourth-order valence-electron chi connectivity index (χ4n) is 4.20. The van der Waals surface area contributed by atoms with Crippen LogP contribution in [0, 0.1) is 11.3 Å². The number of anilines is 3. The van der Waals surface area contributed by atoms with Crippen molar-refractivity contribution in [2.75, 3.05) is 4.90 Å². The van der Waals surface area contributed by atoms with Crippen LogP contribution in [0.4, 0.5) is 17.1 Å². The molecule has 34 heavy (non-hydrogen) atoms. The zero-order chi connectivity index (χ0) is 23.3. The Bertz CT molecular complexity index is 1490. The molecule has 0 unspecified atom stereocenters. The predicted molar refractivity (Wildman–Crippen MR) is 143 cm³/mol. The van der Waals surface area contributed by atoms with E-state index in [1.54, 1.807) is 0 Å². The van der Waals surface area contributed by atoms with Gasteiger partial charge in [0, 0.05) is 17.1 Å². The predicted octanol–water partition coefficient (Wildman–Crippen LogP) is 8.74. The summed E-state index contributed by atoms with van der Waals surface area (Å²) in [5.41, 5.74) is 7.46. The van der Waals surface area contributed by atoms with E-state index in [4.69, 9.17) is 5.26 Å². The SMILES string of the molecule is C/C(=C/c1ccc(C#N)cc1)c1ccc(N(c2ccccc2)c2ccc3ccccc3c2)cc1. The summed E-state index contributed by atoms with van der Waals surface area (Å²) in [6, 6.07) is 44.0. The van der Waals surface area contributed by atoms with Gasteiger partial charge >= 0.3 is 0 Å². The number of fused-ring (bicyclic) bond motifs is 1. The highest BCUT2D eigenvalue weighted by molar-refractivity contribution is 5.89. The lowest BCUT2D eigenvalue weighted by Crippen LogP contribution is -2.09. The number of nitriles is 1. The van der Waals surface area contributed by atoms with Crippen molar-refractivity contribution in [3.8, 4) is 6.07 Å². The van der Waals surface area contributed by atoms with Crippen LogP contribution in [0.3, 0.4) is 0 Å². The van der Waals surface area contributed by atoms with Gasteiger partial charge in [-0.1, -0.05) is 78.9 Å². The van der Waals surface area contributed by atoms with Crippen LogP contribution in [-0.4, -0.2) is 0 Å². The highest BCUT2D eigenvalue weighted by atomic mass is 15.1. The van der Waals surface area contributed by atoms with Crippen LogP contribution in [0.25, 0.3) is 22.4 Å². The van der Waals surface area contributed by atoms with Crippen LogP contribution in [-0.2, 0) is 0 Å². The molecule has 2 nitrogen and oxygen atoms in total. The Kier molecular flexibility index (Phi) is 5.93. The van der Waals surface area contributed by atoms with Crippen molar-refractivity contribution in [1.82, 2.24) is 0 Å². The van der Waals surface area contributed by atoms with Crippen LogP contribution in [0.5, 0.6) is 0 Å². The van der Waals surface area contributed by atoms with Gasteiger partial charge in [0.2, 0.25) is 0 Å². The van der Waals surface area contributed by atoms with Crippen molar-refractivity contribution < 1.29 is 0 Å².